The minimum Gasteiger partial charge on any atom is -0.356 e. The standard InChI is InChI=1S/C15H24N4O2/c1-3-9-18-14(20)8-10-17-11(2)12-4-6-13(7-5-12)19-15(16)21/h4-7,11,17H,3,8-10H2,1-2H3,(H,18,20)(H3,16,19,21). The molecule has 116 valence electrons. The van der Waals surface area contributed by atoms with Gasteiger partial charge in [0.25, 0.3) is 0 Å². The molecular formula is C15H24N4O2. The Morgan fingerprint density at radius 3 is 2.43 bits per heavy atom. The number of nitrogens with one attached hydrogen (secondary N) is 3. The van der Waals surface area contributed by atoms with E-state index in [-0.39, 0.29) is 11.9 Å². The van der Waals surface area contributed by atoms with E-state index in [2.05, 4.69) is 16.0 Å². The first-order valence-electron chi connectivity index (χ1n) is 7.19. The summed E-state index contributed by atoms with van der Waals surface area (Å²) in [5.41, 5.74) is 6.80. The van der Waals surface area contributed by atoms with E-state index in [9.17, 15) is 9.59 Å². The van der Waals surface area contributed by atoms with Gasteiger partial charge in [0.1, 0.15) is 0 Å². The fourth-order valence-corrected chi connectivity index (χ4v) is 1.87. The second-order valence-corrected chi connectivity index (χ2v) is 4.89. The van der Waals surface area contributed by atoms with Crippen LogP contribution in [0.1, 0.15) is 38.3 Å². The number of carbonyl (C=O) groups excluding carboxylic acids is 2. The molecule has 0 aliphatic carbocycles. The van der Waals surface area contributed by atoms with Crippen molar-refractivity contribution in [2.45, 2.75) is 32.7 Å². The molecule has 21 heavy (non-hydrogen) atoms. The van der Waals surface area contributed by atoms with Crippen molar-refractivity contribution in [3.63, 3.8) is 0 Å². The van der Waals surface area contributed by atoms with Gasteiger partial charge in [0.15, 0.2) is 0 Å². The maximum atomic E-state index is 11.5. The van der Waals surface area contributed by atoms with Crippen LogP contribution in [0.4, 0.5) is 10.5 Å². The minimum atomic E-state index is -0.577. The molecule has 1 unspecified atom stereocenters. The van der Waals surface area contributed by atoms with Crippen LogP contribution < -0.4 is 21.7 Å². The molecule has 0 aromatic heterocycles. The van der Waals surface area contributed by atoms with E-state index >= 15 is 0 Å². The second kappa shape index (κ2) is 8.97. The smallest absolute Gasteiger partial charge is 0.316 e. The average Bonchev–Trinajstić information content (AvgIpc) is 2.45. The number of amides is 3. The number of hydrogen-bond acceptors (Lipinski definition) is 3. The highest BCUT2D eigenvalue weighted by molar-refractivity contribution is 5.87. The lowest BCUT2D eigenvalue weighted by Gasteiger charge is -2.14. The van der Waals surface area contributed by atoms with Gasteiger partial charge in [-0.3, -0.25) is 4.79 Å². The first-order valence-corrected chi connectivity index (χ1v) is 7.19. The molecule has 5 N–H and O–H groups in total. The Morgan fingerprint density at radius 1 is 1.19 bits per heavy atom. The van der Waals surface area contributed by atoms with Gasteiger partial charge < -0.3 is 21.7 Å². The fourth-order valence-electron chi connectivity index (χ4n) is 1.87. The summed E-state index contributed by atoms with van der Waals surface area (Å²) < 4.78 is 0. The molecule has 0 saturated carbocycles. The first-order chi connectivity index (χ1) is 10.0. The third-order valence-electron chi connectivity index (χ3n) is 3.05. The molecule has 0 heterocycles. The number of hydrogen-bond donors (Lipinski definition) is 4. The zero-order valence-electron chi connectivity index (χ0n) is 12.6. The molecular weight excluding hydrogens is 268 g/mol. The topological polar surface area (TPSA) is 96.2 Å². The summed E-state index contributed by atoms with van der Waals surface area (Å²) in [6.45, 7) is 5.40. The van der Waals surface area contributed by atoms with Crippen molar-refractivity contribution in [3.05, 3.63) is 29.8 Å². The van der Waals surface area contributed by atoms with Crippen molar-refractivity contribution in [3.8, 4) is 0 Å². The van der Waals surface area contributed by atoms with E-state index in [4.69, 9.17) is 5.73 Å². The largest absolute Gasteiger partial charge is 0.356 e. The summed E-state index contributed by atoms with van der Waals surface area (Å²) in [5.74, 6) is 0.0672. The highest BCUT2D eigenvalue weighted by Gasteiger charge is 2.06. The highest BCUT2D eigenvalue weighted by Crippen LogP contribution is 2.15. The lowest BCUT2D eigenvalue weighted by atomic mass is 10.1. The van der Waals surface area contributed by atoms with Crippen LogP contribution in [0.25, 0.3) is 0 Å². The lowest BCUT2D eigenvalue weighted by Crippen LogP contribution is -2.29. The monoisotopic (exact) mass is 292 g/mol. The number of nitrogens with two attached hydrogens (primary N) is 1. The zero-order valence-corrected chi connectivity index (χ0v) is 12.6. The van der Waals surface area contributed by atoms with E-state index in [1.165, 1.54) is 0 Å². The van der Waals surface area contributed by atoms with E-state index in [0.717, 1.165) is 18.5 Å². The van der Waals surface area contributed by atoms with Crippen LogP contribution >= 0.6 is 0 Å². The number of rotatable bonds is 8. The predicted molar refractivity (Wildman–Crippen MR) is 84.0 cm³/mol. The third kappa shape index (κ3) is 6.76. The van der Waals surface area contributed by atoms with Gasteiger partial charge in [0, 0.05) is 31.2 Å². The molecule has 0 aliphatic rings. The Balaban J connectivity index is 2.36. The molecule has 0 spiro atoms. The van der Waals surface area contributed by atoms with Crippen molar-refractivity contribution in [2.75, 3.05) is 18.4 Å². The predicted octanol–water partition coefficient (Wildman–Crippen LogP) is 1.74. The third-order valence-corrected chi connectivity index (χ3v) is 3.05. The molecule has 0 radical (unpaired) electrons. The van der Waals surface area contributed by atoms with Crippen LogP contribution in [-0.2, 0) is 4.79 Å². The van der Waals surface area contributed by atoms with Gasteiger partial charge in [-0.1, -0.05) is 19.1 Å². The first kappa shape index (κ1) is 17.0. The summed E-state index contributed by atoms with van der Waals surface area (Å²) in [6, 6.07) is 6.98. The second-order valence-electron chi connectivity index (χ2n) is 4.89. The van der Waals surface area contributed by atoms with E-state index in [1.807, 2.05) is 26.0 Å². The quantitative estimate of drug-likeness (QED) is 0.587. The molecule has 1 aromatic carbocycles. The minimum absolute atomic E-state index is 0.0672. The van der Waals surface area contributed by atoms with Crippen molar-refractivity contribution in [2.24, 2.45) is 5.73 Å². The van der Waals surface area contributed by atoms with Gasteiger partial charge in [0.2, 0.25) is 5.91 Å². The summed E-state index contributed by atoms with van der Waals surface area (Å²) in [6.07, 6.45) is 1.41. The Labute approximate surface area is 125 Å². The Kier molecular flexibility index (Phi) is 7.25. The fraction of sp³-hybridized carbons (Fsp3) is 0.467. The number of benzene rings is 1. The van der Waals surface area contributed by atoms with Crippen molar-refractivity contribution < 1.29 is 9.59 Å². The van der Waals surface area contributed by atoms with Gasteiger partial charge in [-0.05, 0) is 31.0 Å². The summed E-state index contributed by atoms with van der Waals surface area (Å²) in [5, 5.41) is 8.65. The Hall–Kier alpha value is -2.08. The van der Waals surface area contributed by atoms with Crippen molar-refractivity contribution in [1.82, 2.24) is 10.6 Å². The average molecular weight is 292 g/mol. The summed E-state index contributed by atoms with van der Waals surface area (Å²) in [7, 11) is 0. The molecule has 1 atom stereocenters. The summed E-state index contributed by atoms with van der Waals surface area (Å²) in [4.78, 5) is 22.2. The van der Waals surface area contributed by atoms with Gasteiger partial charge in [-0.15, -0.1) is 0 Å². The molecule has 0 fully saturated rings. The van der Waals surface area contributed by atoms with Crippen LogP contribution in [0.2, 0.25) is 0 Å². The van der Waals surface area contributed by atoms with Gasteiger partial charge >= 0.3 is 6.03 Å². The SMILES string of the molecule is CCCNC(=O)CCNC(C)c1ccc(NC(N)=O)cc1. The molecule has 0 bridgehead atoms. The Morgan fingerprint density at radius 2 is 1.86 bits per heavy atom. The van der Waals surface area contributed by atoms with Crippen LogP contribution in [0.3, 0.4) is 0 Å². The number of carbonyl (C=O) groups is 2. The van der Waals surface area contributed by atoms with Gasteiger partial charge in [-0.25, -0.2) is 4.79 Å². The maximum absolute atomic E-state index is 11.5. The van der Waals surface area contributed by atoms with Gasteiger partial charge in [0.05, 0.1) is 0 Å². The van der Waals surface area contributed by atoms with E-state index in [0.29, 0.717) is 18.7 Å². The zero-order chi connectivity index (χ0) is 15.7. The molecule has 6 nitrogen and oxygen atoms in total. The number of primary amides is 1. The Bertz CT molecular complexity index is 459. The molecule has 3 amide bonds. The van der Waals surface area contributed by atoms with Gasteiger partial charge in [-0.2, -0.15) is 0 Å². The van der Waals surface area contributed by atoms with Crippen LogP contribution in [0, 0.1) is 0 Å². The summed E-state index contributed by atoms with van der Waals surface area (Å²) >= 11 is 0. The molecule has 0 saturated heterocycles. The van der Waals surface area contributed by atoms with Crippen LogP contribution in [0.5, 0.6) is 0 Å². The van der Waals surface area contributed by atoms with Crippen LogP contribution in [-0.4, -0.2) is 25.0 Å². The molecule has 1 aromatic rings. The normalized spacial score (nSPS) is 11.7. The van der Waals surface area contributed by atoms with Crippen molar-refractivity contribution in [1.29, 1.82) is 0 Å². The van der Waals surface area contributed by atoms with Crippen molar-refractivity contribution >= 4 is 17.6 Å². The molecule has 0 aliphatic heterocycles. The maximum Gasteiger partial charge on any atom is 0.316 e. The number of anilines is 1. The molecule has 1 rings (SSSR count). The number of urea groups is 1. The highest BCUT2D eigenvalue weighted by atomic mass is 16.2. The van der Waals surface area contributed by atoms with E-state index < -0.39 is 6.03 Å². The van der Waals surface area contributed by atoms with Crippen LogP contribution in [0.15, 0.2) is 24.3 Å². The lowest BCUT2D eigenvalue weighted by molar-refractivity contribution is -0.121. The molecule has 6 heteroatoms. The van der Waals surface area contributed by atoms with E-state index in [1.54, 1.807) is 12.1 Å².